The van der Waals surface area contributed by atoms with Crippen LogP contribution >= 0.6 is 0 Å². The highest BCUT2D eigenvalue weighted by Gasteiger charge is 2.46. The topological polar surface area (TPSA) is 98.4 Å². The average molecular weight is 433 g/mol. The van der Waals surface area contributed by atoms with E-state index in [0.717, 1.165) is 44.0 Å². The number of alkyl halides is 3. The van der Waals surface area contributed by atoms with Gasteiger partial charge in [-0.25, -0.2) is 9.67 Å². The van der Waals surface area contributed by atoms with Gasteiger partial charge in [0.05, 0.1) is 24.1 Å². The predicted molar refractivity (Wildman–Crippen MR) is 106 cm³/mol. The van der Waals surface area contributed by atoms with Crippen LogP contribution in [0.2, 0.25) is 0 Å². The SMILES string of the molecule is CCNc1nc(Nc2cc(C3(n4nccn4)CCC3)nn2C2CC2)ncc1C(F)(F)F. The fourth-order valence-corrected chi connectivity index (χ4v) is 3.89. The summed E-state index contributed by atoms with van der Waals surface area (Å²) in [6, 6.07) is 2.16. The molecule has 0 aliphatic heterocycles. The number of nitrogens with one attached hydrogen (secondary N) is 2. The lowest BCUT2D eigenvalue weighted by molar-refractivity contribution is -0.137. The summed E-state index contributed by atoms with van der Waals surface area (Å²) >= 11 is 0. The molecule has 0 amide bonds. The van der Waals surface area contributed by atoms with E-state index in [1.165, 1.54) is 0 Å². The van der Waals surface area contributed by atoms with Gasteiger partial charge in [-0.1, -0.05) is 0 Å². The summed E-state index contributed by atoms with van der Waals surface area (Å²) in [6.07, 6.45) is 4.37. The van der Waals surface area contributed by atoms with Gasteiger partial charge in [0.2, 0.25) is 5.95 Å². The van der Waals surface area contributed by atoms with E-state index in [4.69, 9.17) is 5.10 Å². The van der Waals surface area contributed by atoms with Crippen molar-refractivity contribution in [2.45, 2.75) is 56.8 Å². The Balaban J connectivity index is 1.49. The van der Waals surface area contributed by atoms with E-state index >= 15 is 0 Å². The summed E-state index contributed by atoms with van der Waals surface area (Å²) < 4.78 is 41.6. The predicted octanol–water partition coefficient (Wildman–Crippen LogP) is 3.72. The van der Waals surface area contributed by atoms with Crippen LogP contribution in [0.3, 0.4) is 0 Å². The van der Waals surface area contributed by atoms with Gasteiger partial charge in [0.1, 0.15) is 22.7 Å². The van der Waals surface area contributed by atoms with E-state index in [-0.39, 0.29) is 17.8 Å². The van der Waals surface area contributed by atoms with Crippen molar-refractivity contribution in [3.63, 3.8) is 0 Å². The summed E-state index contributed by atoms with van der Waals surface area (Å²) in [6.45, 7) is 2.02. The molecule has 164 valence electrons. The Morgan fingerprint density at radius 2 is 1.94 bits per heavy atom. The molecule has 31 heavy (non-hydrogen) atoms. The van der Waals surface area contributed by atoms with E-state index in [1.807, 2.05) is 10.7 Å². The number of hydrogen-bond donors (Lipinski definition) is 2. The highest BCUT2D eigenvalue weighted by atomic mass is 19.4. The summed E-state index contributed by atoms with van der Waals surface area (Å²) in [7, 11) is 0. The highest BCUT2D eigenvalue weighted by molar-refractivity contribution is 5.55. The van der Waals surface area contributed by atoms with Crippen molar-refractivity contribution in [1.29, 1.82) is 0 Å². The first-order chi connectivity index (χ1) is 14.9. The minimum atomic E-state index is -4.54. The van der Waals surface area contributed by atoms with Gasteiger partial charge in [0.25, 0.3) is 0 Å². The Morgan fingerprint density at radius 3 is 2.52 bits per heavy atom. The van der Waals surface area contributed by atoms with Crippen molar-refractivity contribution in [3.8, 4) is 0 Å². The van der Waals surface area contributed by atoms with Gasteiger partial charge in [-0.05, 0) is 39.0 Å². The Morgan fingerprint density at radius 1 is 1.19 bits per heavy atom. The first kappa shape index (κ1) is 19.8. The van der Waals surface area contributed by atoms with E-state index in [0.29, 0.717) is 12.4 Å². The van der Waals surface area contributed by atoms with E-state index < -0.39 is 17.3 Å². The van der Waals surface area contributed by atoms with Crippen molar-refractivity contribution in [2.24, 2.45) is 0 Å². The Hall–Kier alpha value is -3.18. The average Bonchev–Trinajstić information content (AvgIpc) is 3.21. The third-order valence-electron chi connectivity index (χ3n) is 5.77. The molecule has 9 nitrogen and oxygen atoms in total. The van der Waals surface area contributed by atoms with Gasteiger partial charge < -0.3 is 10.6 Å². The van der Waals surface area contributed by atoms with Crippen molar-refractivity contribution in [3.05, 3.63) is 35.9 Å². The molecule has 2 fully saturated rings. The van der Waals surface area contributed by atoms with E-state index in [9.17, 15) is 13.2 Å². The molecule has 0 bridgehead atoms. The fourth-order valence-electron chi connectivity index (χ4n) is 3.89. The van der Waals surface area contributed by atoms with Crippen molar-refractivity contribution in [1.82, 2.24) is 34.7 Å². The van der Waals surface area contributed by atoms with Crippen LogP contribution in [0.25, 0.3) is 0 Å². The van der Waals surface area contributed by atoms with Crippen LogP contribution in [0.1, 0.15) is 56.3 Å². The molecule has 2 aliphatic rings. The third-order valence-corrected chi connectivity index (χ3v) is 5.77. The first-order valence-electron chi connectivity index (χ1n) is 10.3. The quantitative estimate of drug-likeness (QED) is 0.586. The van der Waals surface area contributed by atoms with Gasteiger partial charge >= 0.3 is 6.18 Å². The third kappa shape index (κ3) is 3.49. The van der Waals surface area contributed by atoms with Gasteiger partial charge in [-0.15, -0.1) is 0 Å². The molecule has 0 saturated heterocycles. The molecular weight excluding hydrogens is 411 g/mol. The van der Waals surface area contributed by atoms with Crippen LogP contribution in [-0.2, 0) is 11.7 Å². The normalized spacial score (nSPS) is 17.9. The second kappa shape index (κ2) is 7.20. The lowest BCUT2D eigenvalue weighted by atomic mass is 9.75. The zero-order valence-electron chi connectivity index (χ0n) is 16.9. The maximum Gasteiger partial charge on any atom is 0.421 e. The fraction of sp³-hybridized carbons (Fsp3) is 0.526. The number of aromatic nitrogens is 7. The molecule has 2 saturated carbocycles. The maximum atomic E-state index is 13.3. The molecule has 0 aromatic carbocycles. The number of halogens is 3. The van der Waals surface area contributed by atoms with Gasteiger partial charge in [-0.2, -0.15) is 38.2 Å². The lowest BCUT2D eigenvalue weighted by Crippen LogP contribution is -2.43. The Kier molecular flexibility index (Phi) is 4.59. The second-order valence-electron chi connectivity index (χ2n) is 7.90. The summed E-state index contributed by atoms with van der Waals surface area (Å²) in [4.78, 5) is 9.69. The Bertz CT molecular complexity index is 1070. The van der Waals surface area contributed by atoms with Crippen LogP contribution in [0, 0.1) is 0 Å². The van der Waals surface area contributed by atoms with Crippen LogP contribution in [0.4, 0.5) is 30.8 Å². The zero-order chi connectivity index (χ0) is 21.6. The molecule has 3 aromatic rings. The second-order valence-corrected chi connectivity index (χ2v) is 7.90. The molecule has 2 aliphatic carbocycles. The number of anilines is 3. The molecule has 12 heteroatoms. The molecular formula is C19H22F3N9. The maximum absolute atomic E-state index is 13.3. The van der Waals surface area contributed by atoms with Gasteiger partial charge in [0.15, 0.2) is 0 Å². The van der Waals surface area contributed by atoms with E-state index in [1.54, 1.807) is 24.1 Å². The highest BCUT2D eigenvalue weighted by Crippen LogP contribution is 2.46. The van der Waals surface area contributed by atoms with Crippen LogP contribution in [0.15, 0.2) is 24.7 Å². The minimum absolute atomic E-state index is 0.0807. The molecule has 0 atom stereocenters. The van der Waals surface area contributed by atoms with Gasteiger partial charge in [-0.3, -0.25) is 0 Å². The smallest absolute Gasteiger partial charge is 0.370 e. The van der Waals surface area contributed by atoms with Crippen LogP contribution in [0.5, 0.6) is 0 Å². The number of hydrogen-bond acceptors (Lipinski definition) is 7. The molecule has 0 unspecified atom stereocenters. The lowest BCUT2D eigenvalue weighted by Gasteiger charge is -2.39. The number of nitrogens with zero attached hydrogens (tertiary/aromatic N) is 7. The number of rotatable bonds is 7. The van der Waals surface area contributed by atoms with E-state index in [2.05, 4.69) is 30.8 Å². The minimum Gasteiger partial charge on any atom is -0.370 e. The van der Waals surface area contributed by atoms with Crippen LogP contribution < -0.4 is 10.6 Å². The summed E-state index contributed by atoms with van der Waals surface area (Å²) in [5, 5.41) is 19.2. The monoisotopic (exact) mass is 433 g/mol. The molecule has 0 radical (unpaired) electrons. The first-order valence-corrected chi connectivity index (χ1v) is 10.3. The van der Waals surface area contributed by atoms with Crippen molar-refractivity contribution >= 4 is 17.6 Å². The molecule has 5 rings (SSSR count). The molecule has 3 heterocycles. The van der Waals surface area contributed by atoms with Gasteiger partial charge in [0, 0.05) is 18.8 Å². The van der Waals surface area contributed by atoms with Crippen molar-refractivity contribution < 1.29 is 13.2 Å². The Labute approximate surface area is 176 Å². The standard InChI is InChI=1S/C19H22F3N9/c1-2-23-16-13(19(20,21)22)11-24-17(28-16)27-15-10-14(29-30(15)12-4-5-12)18(6-3-7-18)31-25-8-9-26-31/h8-12H,2-7H2,1H3,(H2,23,24,27,28). The molecule has 3 aromatic heterocycles. The molecule has 0 spiro atoms. The van der Waals surface area contributed by atoms with Crippen molar-refractivity contribution in [2.75, 3.05) is 17.2 Å². The zero-order valence-corrected chi connectivity index (χ0v) is 16.9. The summed E-state index contributed by atoms with van der Waals surface area (Å²) in [5.41, 5.74) is -0.451. The summed E-state index contributed by atoms with van der Waals surface area (Å²) in [5.74, 6) is 0.483. The van der Waals surface area contributed by atoms with Crippen LogP contribution in [-0.4, -0.2) is 41.3 Å². The molecule has 2 N–H and O–H groups in total. The largest absolute Gasteiger partial charge is 0.421 e.